The normalized spacial score (nSPS) is 14.8. The third-order valence-corrected chi connectivity index (χ3v) is 4.63. The van der Waals surface area contributed by atoms with Crippen molar-refractivity contribution in [1.29, 1.82) is 0 Å². The van der Waals surface area contributed by atoms with Crippen molar-refractivity contribution in [2.24, 2.45) is 0 Å². The van der Waals surface area contributed by atoms with Crippen LogP contribution in [0.1, 0.15) is 16.7 Å². The Morgan fingerprint density at radius 3 is 2.42 bits per heavy atom. The monoisotopic (exact) mass is 354 g/mol. The second-order valence-electron chi connectivity index (χ2n) is 6.31. The van der Waals surface area contributed by atoms with Crippen LogP contribution in [-0.2, 0) is 0 Å². The predicted octanol–water partition coefficient (Wildman–Crippen LogP) is 3.74. The van der Waals surface area contributed by atoms with E-state index in [4.69, 9.17) is 0 Å². The van der Waals surface area contributed by atoms with Gasteiger partial charge in [-0.2, -0.15) is 0 Å². The van der Waals surface area contributed by atoms with Gasteiger partial charge in [-0.05, 0) is 37.6 Å². The molecule has 2 aromatic carbocycles. The lowest BCUT2D eigenvalue weighted by Gasteiger charge is -2.22. The number of rotatable bonds is 5. The standard InChI is InChI=1S/C20H23FN4O/c1-14-7-9-16(10-8-14)24-11-12-25(20(24)26)19-6-4-5-17(15(19)2)18(23-21)13-22-3/h4-10,13,22-23H,11-12H2,1-3H3/b18-13-. The van der Waals surface area contributed by atoms with Gasteiger partial charge in [0.25, 0.3) is 0 Å². The number of benzene rings is 2. The van der Waals surface area contributed by atoms with Gasteiger partial charge in [0.05, 0.1) is 5.70 Å². The van der Waals surface area contributed by atoms with Gasteiger partial charge in [-0.1, -0.05) is 29.8 Å². The first-order valence-corrected chi connectivity index (χ1v) is 8.56. The van der Waals surface area contributed by atoms with Crippen LogP contribution in [0.4, 0.5) is 20.7 Å². The van der Waals surface area contributed by atoms with E-state index < -0.39 is 0 Å². The molecule has 1 aliphatic rings. The number of amides is 2. The molecule has 5 nitrogen and oxygen atoms in total. The molecule has 0 saturated carbocycles. The van der Waals surface area contributed by atoms with Crippen LogP contribution in [0.5, 0.6) is 0 Å². The van der Waals surface area contributed by atoms with Crippen molar-refractivity contribution < 1.29 is 9.28 Å². The summed E-state index contributed by atoms with van der Waals surface area (Å²) in [5.74, 6) is 0. The van der Waals surface area contributed by atoms with Crippen LogP contribution in [0.3, 0.4) is 0 Å². The Balaban J connectivity index is 1.92. The molecule has 1 saturated heterocycles. The summed E-state index contributed by atoms with van der Waals surface area (Å²) in [7, 11) is 1.71. The number of carbonyl (C=O) groups is 1. The zero-order valence-electron chi connectivity index (χ0n) is 15.2. The number of carbonyl (C=O) groups excluding carboxylic acids is 1. The first kappa shape index (κ1) is 17.8. The third-order valence-electron chi connectivity index (χ3n) is 4.63. The van der Waals surface area contributed by atoms with Gasteiger partial charge in [0, 0.05) is 43.3 Å². The second kappa shape index (κ2) is 7.47. The Kier molecular flexibility index (Phi) is 5.11. The largest absolute Gasteiger partial charge is 0.392 e. The van der Waals surface area contributed by atoms with Crippen LogP contribution in [0.15, 0.2) is 48.7 Å². The van der Waals surface area contributed by atoms with Crippen molar-refractivity contribution >= 4 is 23.1 Å². The van der Waals surface area contributed by atoms with Crippen molar-refractivity contribution in [2.75, 3.05) is 29.9 Å². The van der Waals surface area contributed by atoms with Crippen molar-refractivity contribution in [3.63, 3.8) is 0 Å². The molecule has 3 rings (SSSR count). The fraction of sp³-hybridized carbons (Fsp3) is 0.250. The fourth-order valence-corrected chi connectivity index (χ4v) is 3.23. The second-order valence-corrected chi connectivity index (χ2v) is 6.31. The molecule has 0 unspecified atom stereocenters. The molecule has 0 bridgehead atoms. The topological polar surface area (TPSA) is 47.6 Å². The maximum absolute atomic E-state index is 13.2. The summed E-state index contributed by atoms with van der Waals surface area (Å²) in [5, 5.41) is 2.82. The smallest absolute Gasteiger partial charge is 0.329 e. The first-order chi connectivity index (χ1) is 12.6. The predicted molar refractivity (Wildman–Crippen MR) is 104 cm³/mol. The summed E-state index contributed by atoms with van der Waals surface area (Å²) in [6.07, 6.45) is 1.55. The molecule has 136 valence electrons. The summed E-state index contributed by atoms with van der Waals surface area (Å²) in [4.78, 5) is 16.5. The highest BCUT2D eigenvalue weighted by molar-refractivity contribution is 6.06. The lowest BCUT2D eigenvalue weighted by atomic mass is 10.0. The van der Waals surface area contributed by atoms with Crippen LogP contribution >= 0.6 is 0 Å². The maximum Gasteiger partial charge on any atom is 0.329 e. The molecule has 0 atom stereocenters. The Morgan fingerprint density at radius 1 is 1.08 bits per heavy atom. The Bertz CT molecular complexity index is 832. The van der Waals surface area contributed by atoms with Gasteiger partial charge in [-0.3, -0.25) is 9.80 Å². The van der Waals surface area contributed by atoms with E-state index in [2.05, 4.69) is 5.32 Å². The minimum absolute atomic E-state index is 0.0681. The summed E-state index contributed by atoms with van der Waals surface area (Å²) in [6.45, 7) is 5.12. The van der Waals surface area contributed by atoms with Gasteiger partial charge >= 0.3 is 6.03 Å². The van der Waals surface area contributed by atoms with E-state index in [-0.39, 0.29) is 6.03 Å². The quantitative estimate of drug-likeness (QED) is 0.804. The van der Waals surface area contributed by atoms with E-state index in [0.717, 1.165) is 22.5 Å². The van der Waals surface area contributed by atoms with Gasteiger partial charge in [0.1, 0.15) is 0 Å². The average Bonchev–Trinajstić information content (AvgIpc) is 3.02. The molecule has 1 aliphatic heterocycles. The Hall–Kier alpha value is -3.02. The van der Waals surface area contributed by atoms with Crippen molar-refractivity contribution in [3.8, 4) is 0 Å². The van der Waals surface area contributed by atoms with E-state index >= 15 is 0 Å². The molecule has 0 spiro atoms. The van der Waals surface area contributed by atoms with Gasteiger partial charge in [0.15, 0.2) is 0 Å². The van der Waals surface area contributed by atoms with Gasteiger partial charge in [-0.15, -0.1) is 4.48 Å². The number of aryl methyl sites for hydroxylation is 1. The van der Waals surface area contributed by atoms with Crippen LogP contribution in [0, 0.1) is 13.8 Å². The highest BCUT2D eigenvalue weighted by Crippen LogP contribution is 2.31. The minimum atomic E-state index is -0.0681. The summed E-state index contributed by atoms with van der Waals surface area (Å²) in [5.41, 5.74) is 6.43. The Morgan fingerprint density at radius 2 is 1.77 bits per heavy atom. The van der Waals surface area contributed by atoms with Crippen LogP contribution in [0.25, 0.3) is 5.70 Å². The van der Waals surface area contributed by atoms with Crippen molar-refractivity contribution in [1.82, 2.24) is 10.9 Å². The number of hydrogen-bond acceptors (Lipinski definition) is 3. The highest BCUT2D eigenvalue weighted by Gasteiger charge is 2.31. The SMILES string of the molecule is CN/C=C(\NF)c1cccc(N2CCN(c3ccc(C)cc3)C2=O)c1C. The molecule has 1 heterocycles. The maximum atomic E-state index is 13.2. The summed E-state index contributed by atoms with van der Waals surface area (Å²) >= 11 is 0. The van der Waals surface area contributed by atoms with E-state index in [1.165, 1.54) is 0 Å². The molecule has 0 aromatic heterocycles. The van der Waals surface area contributed by atoms with Crippen LogP contribution in [0.2, 0.25) is 0 Å². The third kappa shape index (κ3) is 3.22. The number of halogens is 1. The molecule has 6 heteroatoms. The summed E-state index contributed by atoms with van der Waals surface area (Å²) < 4.78 is 13.2. The van der Waals surface area contributed by atoms with Gasteiger partial charge < -0.3 is 5.32 Å². The average molecular weight is 354 g/mol. The zero-order valence-corrected chi connectivity index (χ0v) is 15.2. The van der Waals surface area contributed by atoms with Crippen molar-refractivity contribution in [3.05, 3.63) is 65.4 Å². The molecular weight excluding hydrogens is 331 g/mol. The van der Waals surface area contributed by atoms with E-state index in [9.17, 15) is 9.28 Å². The molecule has 2 amide bonds. The minimum Gasteiger partial charge on any atom is -0.392 e. The lowest BCUT2D eigenvalue weighted by molar-refractivity contribution is 0.256. The van der Waals surface area contributed by atoms with Gasteiger partial charge in [-0.25, -0.2) is 10.3 Å². The molecule has 0 aliphatic carbocycles. The number of anilines is 2. The van der Waals surface area contributed by atoms with Crippen LogP contribution < -0.4 is 20.7 Å². The lowest BCUT2D eigenvalue weighted by Crippen LogP contribution is -2.32. The number of hydrogen-bond donors (Lipinski definition) is 2. The summed E-state index contributed by atoms with van der Waals surface area (Å²) in [6, 6.07) is 13.4. The molecule has 2 aromatic rings. The van der Waals surface area contributed by atoms with Crippen LogP contribution in [-0.4, -0.2) is 26.2 Å². The number of urea groups is 1. The highest BCUT2D eigenvalue weighted by atomic mass is 19.2. The number of nitrogens with zero attached hydrogens (tertiary/aromatic N) is 2. The van der Waals surface area contributed by atoms with Gasteiger partial charge in [0.2, 0.25) is 0 Å². The molecule has 26 heavy (non-hydrogen) atoms. The first-order valence-electron chi connectivity index (χ1n) is 8.56. The fourth-order valence-electron chi connectivity index (χ4n) is 3.23. The number of nitrogens with one attached hydrogen (secondary N) is 2. The zero-order chi connectivity index (χ0) is 18.7. The molecular formula is C20H23FN4O. The van der Waals surface area contributed by atoms with E-state index in [1.54, 1.807) is 28.6 Å². The molecule has 2 N–H and O–H groups in total. The molecule has 0 radical (unpaired) electrons. The molecule has 1 fully saturated rings. The van der Waals surface area contributed by atoms with E-state index in [0.29, 0.717) is 24.4 Å². The van der Waals surface area contributed by atoms with Crippen molar-refractivity contribution in [2.45, 2.75) is 13.8 Å². The van der Waals surface area contributed by atoms with E-state index in [1.807, 2.05) is 56.3 Å². The Labute approximate surface area is 153 Å².